The molecule has 2 saturated carbocycles. The second kappa shape index (κ2) is 18.1. The lowest BCUT2D eigenvalue weighted by atomic mass is 9.87. The van der Waals surface area contributed by atoms with E-state index in [1.807, 2.05) is 6.92 Å². The number of carbonyl (C=O) groups excluding carboxylic acids is 4. The standard InChI is InChI=1S/C43H57F5N6O10S/c1-23(2)62-27-13-14-29-30(18-27)50-35(33(49-29)43(46,47)48)63-28-19-31-34(55)52-42(37(57)53-65(59,60)40(6)15-16-40)20-26(42)12-10-9-11-24(3)17-25(22-61-8)32(36(56)54(31)21-28)51-38(58)64-39(4,5)41(7,44)45/h10,12-14,18,23-26,28,31-32H,9,11,15-17,19-22H2,1-8H3,(H,51,58)(H,52,55)(H,53,57). The summed E-state index contributed by atoms with van der Waals surface area (Å²) >= 11 is 0. The number of fused-ring (bicyclic) bond motifs is 3. The number of alkyl halides is 5. The minimum Gasteiger partial charge on any atom is -0.491 e. The number of hydrogen-bond donors (Lipinski definition) is 3. The third-order valence-corrected chi connectivity index (χ3v) is 14.8. The fourth-order valence-corrected chi connectivity index (χ4v) is 9.37. The van der Waals surface area contributed by atoms with Gasteiger partial charge in [0.25, 0.3) is 11.8 Å². The minimum atomic E-state index is -5.09. The predicted molar refractivity (Wildman–Crippen MR) is 224 cm³/mol. The average molecular weight is 945 g/mol. The Bertz CT molecular complexity index is 2300. The highest BCUT2D eigenvalue weighted by atomic mass is 32.2. The van der Waals surface area contributed by atoms with Crippen LogP contribution in [0.5, 0.6) is 11.6 Å². The molecule has 3 fully saturated rings. The summed E-state index contributed by atoms with van der Waals surface area (Å²) in [7, 11) is -2.84. The molecule has 0 spiro atoms. The molecule has 6 rings (SSSR count). The Morgan fingerprint density at radius 3 is 2.35 bits per heavy atom. The summed E-state index contributed by atoms with van der Waals surface area (Å²) in [6.45, 7) is 8.63. The highest BCUT2D eigenvalue weighted by Gasteiger charge is 2.63. The van der Waals surface area contributed by atoms with E-state index in [1.165, 1.54) is 32.2 Å². The van der Waals surface area contributed by atoms with Crippen LogP contribution in [0.1, 0.15) is 99.1 Å². The molecule has 1 aromatic carbocycles. The molecular formula is C43H57F5N6O10S. The highest BCUT2D eigenvalue weighted by molar-refractivity contribution is 7.91. The molecule has 1 saturated heterocycles. The molecule has 360 valence electrons. The second-order valence-electron chi connectivity index (χ2n) is 18.8. The first-order valence-corrected chi connectivity index (χ1v) is 23.0. The Morgan fingerprint density at radius 1 is 1.05 bits per heavy atom. The van der Waals surface area contributed by atoms with E-state index in [9.17, 15) is 44.8 Å². The lowest BCUT2D eigenvalue weighted by Crippen LogP contribution is -2.60. The van der Waals surface area contributed by atoms with Gasteiger partial charge in [0.2, 0.25) is 33.4 Å². The second-order valence-corrected chi connectivity index (χ2v) is 21.0. The molecule has 2 aliphatic carbocycles. The minimum absolute atomic E-state index is 0.0165. The molecular weight excluding hydrogens is 888 g/mol. The van der Waals surface area contributed by atoms with E-state index in [0.717, 1.165) is 18.7 Å². The van der Waals surface area contributed by atoms with Crippen LogP contribution in [0.4, 0.5) is 26.7 Å². The number of amides is 4. The fourth-order valence-electron chi connectivity index (χ4n) is 8.06. The van der Waals surface area contributed by atoms with Gasteiger partial charge in [0.1, 0.15) is 29.5 Å². The van der Waals surface area contributed by atoms with Gasteiger partial charge in [-0.3, -0.25) is 19.1 Å². The van der Waals surface area contributed by atoms with Crippen LogP contribution in [0.2, 0.25) is 0 Å². The van der Waals surface area contributed by atoms with Crippen molar-refractivity contribution in [2.24, 2.45) is 17.8 Å². The van der Waals surface area contributed by atoms with E-state index in [-0.39, 0.29) is 48.3 Å². The van der Waals surface area contributed by atoms with Crippen molar-refractivity contribution in [2.75, 3.05) is 20.3 Å². The Balaban J connectivity index is 1.42. The number of benzene rings is 1. The molecule has 1 aromatic heterocycles. The Kier molecular flexibility index (Phi) is 13.8. The van der Waals surface area contributed by atoms with Gasteiger partial charge in [-0.05, 0) is 91.2 Å². The van der Waals surface area contributed by atoms with Crippen molar-refractivity contribution >= 4 is 44.9 Å². The summed E-state index contributed by atoms with van der Waals surface area (Å²) in [6.07, 6.45) is -3.38. The zero-order valence-electron chi connectivity index (χ0n) is 37.5. The SMILES string of the molecule is COCC1CC(C)CCC=CC2CC2(C(=O)NS(=O)(=O)C2(C)CC2)NC(=O)C2CC(Oc3nc4cc(OC(C)C)ccc4nc3C(F)(F)F)CN2C(=O)C1NC(=O)OC(C)(C)C(C)(F)F. The van der Waals surface area contributed by atoms with Crippen LogP contribution < -0.4 is 24.8 Å². The van der Waals surface area contributed by atoms with Crippen LogP contribution in [0.3, 0.4) is 0 Å². The third kappa shape index (κ3) is 10.9. The molecule has 2 aliphatic heterocycles. The summed E-state index contributed by atoms with van der Waals surface area (Å²) in [5.41, 5.74) is -5.81. The molecule has 4 amide bonds. The van der Waals surface area contributed by atoms with Crippen molar-refractivity contribution in [2.45, 2.75) is 146 Å². The number of ether oxygens (including phenoxy) is 4. The molecule has 22 heteroatoms. The van der Waals surface area contributed by atoms with Crippen molar-refractivity contribution < 1.29 is 68.5 Å². The number of alkyl carbamates (subject to hydrolysis) is 1. The quantitative estimate of drug-likeness (QED) is 0.170. The van der Waals surface area contributed by atoms with Crippen LogP contribution in [-0.2, 0) is 40.1 Å². The summed E-state index contributed by atoms with van der Waals surface area (Å²) in [6, 6.07) is 0.876. The molecule has 3 N–H and O–H groups in total. The molecule has 16 nitrogen and oxygen atoms in total. The van der Waals surface area contributed by atoms with Crippen molar-refractivity contribution in [3.8, 4) is 11.6 Å². The Morgan fingerprint density at radius 2 is 1.74 bits per heavy atom. The van der Waals surface area contributed by atoms with Gasteiger partial charge in [-0.1, -0.05) is 19.1 Å². The van der Waals surface area contributed by atoms with E-state index in [4.69, 9.17) is 18.9 Å². The summed E-state index contributed by atoms with van der Waals surface area (Å²) in [4.78, 5) is 66.1. The number of sulfonamides is 1. The van der Waals surface area contributed by atoms with Crippen molar-refractivity contribution in [1.29, 1.82) is 0 Å². The number of methoxy groups -OCH3 is 1. The number of aromatic nitrogens is 2. The predicted octanol–water partition coefficient (Wildman–Crippen LogP) is 5.82. The van der Waals surface area contributed by atoms with Gasteiger partial charge in [0.05, 0.1) is 35.0 Å². The van der Waals surface area contributed by atoms with E-state index < -0.39 is 116 Å². The van der Waals surface area contributed by atoms with Crippen LogP contribution >= 0.6 is 0 Å². The fraction of sp³-hybridized carbons (Fsp3) is 0.674. The largest absolute Gasteiger partial charge is 0.491 e. The molecule has 65 heavy (non-hydrogen) atoms. The average Bonchev–Trinajstić information content (AvgIpc) is 4.06. The van der Waals surface area contributed by atoms with Crippen LogP contribution in [0, 0.1) is 17.8 Å². The van der Waals surface area contributed by atoms with Gasteiger partial charge in [-0.25, -0.2) is 32.0 Å². The van der Waals surface area contributed by atoms with Gasteiger partial charge in [-0.2, -0.15) is 13.2 Å². The van der Waals surface area contributed by atoms with E-state index >= 15 is 4.79 Å². The molecule has 0 radical (unpaired) electrons. The van der Waals surface area contributed by atoms with Gasteiger partial charge in [0.15, 0.2) is 5.60 Å². The lowest BCUT2D eigenvalue weighted by Gasteiger charge is -2.35. The van der Waals surface area contributed by atoms with Crippen molar-refractivity contribution in [1.82, 2.24) is 30.2 Å². The van der Waals surface area contributed by atoms with Crippen molar-refractivity contribution in [3.63, 3.8) is 0 Å². The Labute approximate surface area is 374 Å². The molecule has 7 unspecified atom stereocenters. The van der Waals surface area contributed by atoms with Crippen LogP contribution in [0.25, 0.3) is 11.0 Å². The maximum Gasteiger partial charge on any atom is 0.438 e. The number of halogens is 5. The highest BCUT2D eigenvalue weighted by Crippen LogP contribution is 2.48. The summed E-state index contributed by atoms with van der Waals surface area (Å²) in [5, 5.41) is 5.11. The first-order valence-electron chi connectivity index (χ1n) is 21.5. The van der Waals surface area contributed by atoms with E-state index in [0.29, 0.717) is 32.6 Å². The van der Waals surface area contributed by atoms with Gasteiger partial charge >= 0.3 is 12.3 Å². The molecule has 3 heterocycles. The van der Waals surface area contributed by atoms with E-state index in [1.54, 1.807) is 26.0 Å². The zero-order chi connectivity index (χ0) is 48.1. The van der Waals surface area contributed by atoms with Crippen LogP contribution in [-0.4, -0.2) is 113 Å². The van der Waals surface area contributed by atoms with Gasteiger partial charge in [0, 0.05) is 38.4 Å². The topological polar surface area (TPSA) is 204 Å². The number of rotatable bonds is 12. The lowest BCUT2D eigenvalue weighted by molar-refractivity contribution is -0.152. The van der Waals surface area contributed by atoms with Gasteiger partial charge in [-0.15, -0.1) is 0 Å². The number of carbonyl (C=O) groups is 4. The van der Waals surface area contributed by atoms with Gasteiger partial charge < -0.3 is 34.5 Å². The van der Waals surface area contributed by atoms with Crippen LogP contribution in [0.15, 0.2) is 30.4 Å². The molecule has 0 bridgehead atoms. The number of nitrogens with zero attached hydrogens (tertiary/aromatic N) is 3. The first kappa shape index (κ1) is 49.6. The normalized spacial score (nSPS) is 27.4. The third-order valence-electron chi connectivity index (χ3n) is 12.7. The van der Waals surface area contributed by atoms with E-state index in [2.05, 4.69) is 25.3 Å². The number of nitrogens with one attached hydrogen (secondary N) is 3. The number of allylic oxidation sites excluding steroid dienone is 1. The molecule has 7 atom stereocenters. The zero-order valence-corrected chi connectivity index (χ0v) is 38.3. The first-order chi connectivity index (χ1) is 30.1. The molecule has 4 aliphatic rings. The smallest absolute Gasteiger partial charge is 0.438 e. The Hall–Kier alpha value is -4.86. The monoisotopic (exact) mass is 944 g/mol. The maximum absolute atomic E-state index is 15.1. The molecule has 2 aromatic rings. The maximum atomic E-state index is 15.1. The summed E-state index contributed by atoms with van der Waals surface area (Å²) in [5.74, 6) is -8.90. The number of hydrogen-bond acceptors (Lipinski definition) is 12. The van der Waals surface area contributed by atoms with Crippen molar-refractivity contribution in [3.05, 3.63) is 36.0 Å². The summed E-state index contributed by atoms with van der Waals surface area (Å²) < 4.78 is 123.